The van der Waals surface area contributed by atoms with Crippen molar-refractivity contribution < 1.29 is 4.52 Å². The summed E-state index contributed by atoms with van der Waals surface area (Å²) < 4.78 is 7.80. The van der Waals surface area contributed by atoms with Gasteiger partial charge in [-0.15, -0.1) is 16.4 Å². The van der Waals surface area contributed by atoms with Gasteiger partial charge in [-0.1, -0.05) is 10.4 Å². The number of thiophene rings is 1. The average Bonchev–Trinajstić information content (AvgIpc) is 3.10. The molecule has 98 valence electrons. The van der Waals surface area contributed by atoms with E-state index in [9.17, 15) is 0 Å². The van der Waals surface area contributed by atoms with E-state index in [1.165, 1.54) is 0 Å². The highest BCUT2D eigenvalue weighted by Crippen LogP contribution is 2.27. The molecule has 0 saturated carbocycles. The second kappa shape index (κ2) is 5.19. The van der Waals surface area contributed by atoms with Crippen molar-refractivity contribution in [2.45, 2.75) is 13.1 Å². The summed E-state index contributed by atoms with van der Waals surface area (Å²) in [5, 5.41) is 13.7. The molecule has 0 atom stereocenters. The van der Waals surface area contributed by atoms with E-state index >= 15 is 0 Å². The second-order valence-corrected chi connectivity index (χ2v) is 5.58. The molecule has 0 radical (unpaired) electrons. The molecule has 0 bridgehead atoms. The number of nitrogens with zero attached hydrogens (tertiary/aromatic N) is 5. The highest BCUT2D eigenvalue weighted by molar-refractivity contribution is 9.10. The fourth-order valence-corrected chi connectivity index (χ4v) is 2.85. The maximum Gasteiger partial charge on any atom is 0.248 e. The quantitative estimate of drug-likeness (QED) is 0.775. The standard InChI is InChI=1S/C10H9BrN6OS/c11-6-1-8(19-5-6)10-13-9(18-15-10)4-17-3-7(2-12)14-16-17/h1,3,5H,2,4,12H2. The van der Waals surface area contributed by atoms with E-state index in [4.69, 9.17) is 10.3 Å². The Hall–Kier alpha value is -1.58. The van der Waals surface area contributed by atoms with Gasteiger partial charge in [-0.25, -0.2) is 4.68 Å². The molecule has 0 unspecified atom stereocenters. The molecule has 0 aliphatic heterocycles. The Kier molecular flexibility index (Phi) is 3.40. The van der Waals surface area contributed by atoms with Gasteiger partial charge in [0.25, 0.3) is 0 Å². The van der Waals surface area contributed by atoms with Gasteiger partial charge < -0.3 is 10.3 Å². The summed E-state index contributed by atoms with van der Waals surface area (Å²) >= 11 is 4.94. The predicted octanol–water partition coefficient (Wildman–Crippen LogP) is 1.66. The van der Waals surface area contributed by atoms with Crippen molar-refractivity contribution in [3.05, 3.63) is 33.7 Å². The number of hydrogen-bond donors (Lipinski definition) is 1. The minimum Gasteiger partial charge on any atom is -0.337 e. The van der Waals surface area contributed by atoms with Gasteiger partial charge in [-0.2, -0.15) is 4.98 Å². The van der Waals surface area contributed by atoms with Crippen LogP contribution in [-0.2, 0) is 13.1 Å². The molecule has 0 aromatic carbocycles. The van der Waals surface area contributed by atoms with E-state index in [0.29, 0.717) is 24.8 Å². The van der Waals surface area contributed by atoms with Crippen LogP contribution in [0.5, 0.6) is 0 Å². The second-order valence-electron chi connectivity index (χ2n) is 3.75. The van der Waals surface area contributed by atoms with Crippen molar-refractivity contribution in [1.29, 1.82) is 0 Å². The third kappa shape index (κ3) is 2.72. The zero-order valence-corrected chi connectivity index (χ0v) is 12.1. The van der Waals surface area contributed by atoms with Crippen molar-refractivity contribution in [2.24, 2.45) is 5.73 Å². The Bertz CT molecular complexity index is 690. The molecular weight excluding hydrogens is 332 g/mol. The lowest BCUT2D eigenvalue weighted by Gasteiger charge is -1.91. The van der Waals surface area contributed by atoms with E-state index in [2.05, 4.69) is 36.4 Å². The number of rotatable bonds is 4. The highest BCUT2D eigenvalue weighted by Gasteiger charge is 2.11. The molecule has 0 aliphatic carbocycles. The molecule has 19 heavy (non-hydrogen) atoms. The van der Waals surface area contributed by atoms with Crippen LogP contribution >= 0.6 is 27.3 Å². The van der Waals surface area contributed by atoms with Crippen LogP contribution in [0.2, 0.25) is 0 Å². The van der Waals surface area contributed by atoms with E-state index in [1.807, 2.05) is 11.4 Å². The minimum atomic E-state index is 0.359. The smallest absolute Gasteiger partial charge is 0.248 e. The summed E-state index contributed by atoms with van der Waals surface area (Å²) in [6.45, 7) is 0.741. The summed E-state index contributed by atoms with van der Waals surface area (Å²) in [7, 11) is 0. The fraction of sp³-hybridized carbons (Fsp3) is 0.200. The molecule has 0 spiro atoms. The largest absolute Gasteiger partial charge is 0.337 e. The first kappa shape index (κ1) is 12.5. The van der Waals surface area contributed by atoms with E-state index in [0.717, 1.165) is 15.0 Å². The molecule has 3 rings (SSSR count). The van der Waals surface area contributed by atoms with Crippen LogP contribution in [0, 0.1) is 0 Å². The molecule has 7 nitrogen and oxygen atoms in total. The van der Waals surface area contributed by atoms with Crippen molar-refractivity contribution in [3.8, 4) is 10.7 Å². The minimum absolute atomic E-state index is 0.359. The van der Waals surface area contributed by atoms with Crippen molar-refractivity contribution in [3.63, 3.8) is 0 Å². The summed E-state index contributed by atoms with van der Waals surface area (Å²) in [5.41, 5.74) is 6.19. The molecule has 0 amide bonds. The van der Waals surface area contributed by atoms with Crippen molar-refractivity contribution >= 4 is 27.3 Å². The summed E-state index contributed by atoms with van der Waals surface area (Å²) in [6.07, 6.45) is 1.76. The van der Waals surface area contributed by atoms with Crippen LogP contribution in [-0.4, -0.2) is 25.1 Å². The Morgan fingerprint density at radius 3 is 3.05 bits per heavy atom. The maximum atomic E-state index is 5.47. The van der Waals surface area contributed by atoms with Gasteiger partial charge in [-0.05, 0) is 22.0 Å². The zero-order valence-electron chi connectivity index (χ0n) is 9.65. The molecule has 9 heteroatoms. The molecule has 2 N–H and O–H groups in total. The van der Waals surface area contributed by atoms with Crippen LogP contribution in [0.3, 0.4) is 0 Å². The van der Waals surface area contributed by atoms with E-state index < -0.39 is 0 Å². The summed E-state index contributed by atoms with van der Waals surface area (Å²) in [6, 6.07) is 1.95. The Labute approximate surface area is 120 Å². The molecule has 0 fully saturated rings. The first-order valence-corrected chi connectivity index (χ1v) is 7.08. The van der Waals surface area contributed by atoms with Gasteiger partial charge in [0.05, 0.1) is 16.8 Å². The lowest BCUT2D eigenvalue weighted by Crippen LogP contribution is -2.00. The average molecular weight is 341 g/mol. The molecule has 3 aromatic heterocycles. The van der Waals surface area contributed by atoms with Crippen molar-refractivity contribution in [2.75, 3.05) is 0 Å². The van der Waals surface area contributed by atoms with Crippen LogP contribution in [0.15, 0.2) is 26.6 Å². The summed E-state index contributed by atoms with van der Waals surface area (Å²) in [4.78, 5) is 5.26. The maximum absolute atomic E-state index is 5.47. The third-order valence-electron chi connectivity index (χ3n) is 2.35. The van der Waals surface area contributed by atoms with Gasteiger partial charge >= 0.3 is 0 Å². The first-order valence-electron chi connectivity index (χ1n) is 5.40. The van der Waals surface area contributed by atoms with Crippen molar-refractivity contribution in [1.82, 2.24) is 25.1 Å². The topological polar surface area (TPSA) is 95.7 Å². The SMILES string of the molecule is NCc1cn(Cc2nc(-c3cc(Br)cs3)no2)nn1. The lowest BCUT2D eigenvalue weighted by molar-refractivity contribution is 0.364. The number of aromatic nitrogens is 5. The monoisotopic (exact) mass is 340 g/mol. The molecule has 0 saturated heterocycles. The molecular formula is C10H9BrN6OS. The van der Waals surface area contributed by atoms with Crippen LogP contribution in [0.25, 0.3) is 10.7 Å². The number of nitrogens with two attached hydrogens (primary N) is 1. The van der Waals surface area contributed by atoms with Gasteiger partial charge in [0.15, 0.2) is 0 Å². The lowest BCUT2D eigenvalue weighted by atomic mass is 10.4. The molecule has 3 aromatic rings. The van der Waals surface area contributed by atoms with Gasteiger partial charge in [0.1, 0.15) is 6.54 Å². The predicted molar refractivity (Wildman–Crippen MR) is 72.3 cm³/mol. The van der Waals surface area contributed by atoms with E-state index in [-0.39, 0.29) is 0 Å². The Balaban J connectivity index is 1.78. The molecule has 3 heterocycles. The fourth-order valence-electron chi connectivity index (χ4n) is 1.50. The Morgan fingerprint density at radius 2 is 2.37 bits per heavy atom. The van der Waals surface area contributed by atoms with Crippen LogP contribution in [0.4, 0.5) is 0 Å². The van der Waals surface area contributed by atoms with Gasteiger partial charge in [-0.3, -0.25) is 0 Å². The zero-order chi connectivity index (χ0) is 13.2. The van der Waals surface area contributed by atoms with Gasteiger partial charge in [0.2, 0.25) is 11.7 Å². The van der Waals surface area contributed by atoms with E-state index in [1.54, 1.807) is 22.2 Å². The van der Waals surface area contributed by atoms with Crippen LogP contribution < -0.4 is 5.73 Å². The third-order valence-corrected chi connectivity index (χ3v) is 4.04. The van der Waals surface area contributed by atoms with Gasteiger partial charge in [0, 0.05) is 16.4 Å². The number of hydrogen-bond acceptors (Lipinski definition) is 7. The summed E-state index contributed by atoms with van der Waals surface area (Å²) in [5.74, 6) is 1.05. The highest BCUT2D eigenvalue weighted by atomic mass is 79.9. The van der Waals surface area contributed by atoms with Crippen LogP contribution in [0.1, 0.15) is 11.6 Å². The first-order chi connectivity index (χ1) is 9.24. The normalized spacial score (nSPS) is 11.1. The molecule has 0 aliphatic rings. The number of halogens is 1. The Morgan fingerprint density at radius 1 is 1.47 bits per heavy atom.